The summed E-state index contributed by atoms with van der Waals surface area (Å²) in [5.41, 5.74) is 3.04. The molecule has 0 aliphatic carbocycles. The number of benzene rings is 2. The molecular formula is C21H25N3O6S. The van der Waals surface area contributed by atoms with E-state index in [-0.39, 0.29) is 17.0 Å². The summed E-state index contributed by atoms with van der Waals surface area (Å²) in [4.78, 5) is 36.1. The molecule has 0 unspecified atom stereocenters. The van der Waals surface area contributed by atoms with E-state index in [1.165, 1.54) is 18.2 Å². The molecule has 31 heavy (non-hydrogen) atoms. The summed E-state index contributed by atoms with van der Waals surface area (Å²) in [5, 5.41) is 4.58. The fraction of sp³-hybridized carbons (Fsp3) is 0.286. The molecule has 0 fully saturated rings. The SMILES string of the molecule is CCNS(=O)(=O)c1ccc(C)c(C(=O)OCC(=O)NC(=O)Nc2ccc(C)c(C)c2)c1. The zero-order valence-corrected chi connectivity index (χ0v) is 18.6. The van der Waals surface area contributed by atoms with E-state index in [2.05, 4.69) is 15.4 Å². The lowest BCUT2D eigenvalue weighted by Crippen LogP contribution is -2.37. The largest absolute Gasteiger partial charge is 0.452 e. The Hall–Kier alpha value is -3.24. The van der Waals surface area contributed by atoms with Crippen molar-refractivity contribution < 1.29 is 27.5 Å². The van der Waals surface area contributed by atoms with E-state index in [0.29, 0.717) is 11.3 Å². The van der Waals surface area contributed by atoms with E-state index < -0.39 is 34.5 Å². The number of urea groups is 1. The molecule has 0 aliphatic heterocycles. The smallest absolute Gasteiger partial charge is 0.338 e. The molecule has 10 heteroatoms. The second kappa shape index (κ2) is 10.2. The number of carbonyl (C=O) groups excluding carboxylic acids is 3. The quantitative estimate of drug-likeness (QED) is 0.559. The highest BCUT2D eigenvalue weighted by molar-refractivity contribution is 7.89. The van der Waals surface area contributed by atoms with Gasteiger partial charge < -0.3 is 10.1 Å². The Balaban J connectivity index is 1.96. The number of ether oxygens (including phenoxy) is 1. The third-order valence-corrected chi connectivity index (χ3v) is 5.97. The van der Waals surface area contributed by atoms with Crippen LogP contribution >= 0.6 is 0 Å². The third kappa shape index (κ3) is 6.63. The first-order chi connectivity index (χ1) is 14.5. The Labute approximate surface area is 181 Å². The summed E-state index contributed by atoms with van der Waals surface area (Å²) in [5.74, 6) is -1.71. The Bertz CT molecular complexity index is 1110. The lowest BCUT2D eigenvalue weighted by atomic mass is 10.1. The number of rotatable bonds is 7. The number of esters is 1. The maximum absolute atomic E-state index is 12.3. The Kier molecular flexibility index (Phi) is 7.89. The van der Waals surface area contributed by atoms with Gasteiger partial charge in [-0.25, -0.2) is 22.7 Å². The Morgan fingerprint density at radius 3 is 2.26 bits per heavy atom. The van der Waals surface area contributed by atoms with Gasteiger partial charge in [-0.15, -0.1) is 0 Å². The van der Waals surface area contributed by atoms with Crippen LogP contribution in [-0.4, -0.2) is 39.5 Å². The van der Waals surface area contributed by atoms with Crippen molar-refractivity contribution >= 4 is 33.6 Å². The molecule has 0 bridgehead atoms. The van der Waals surface area contributed by atoms with E-state index in [9.17, 15) is 22.8 Å². The topological polar surface area (TPSA) is 131 Å². The van der Waals surface area contributed by atoms with E-state index in [4.69, 9.17) is 4.74 Å². The van der Waals surface area contributed by atoms with Gasteiger partial charge >= 0.3 is 12.0 Å². The molecule has 166 valence electrons. The number of anilines is 1. The summed E-state index contributed by atoms with van der Waals surface area (Å²) >= 11 is 0. The normalized spacial score (nSPS) is 11.0. The van der Waals surface area contributed by atoms with Crippen LogP contribution in [0.2, 0.25) is 0 Å². The van der Waals surface area contributed by atoms with Crippen molar-refractivity contribution in [1.29, 1.82) is 0 Å². The number of amides is 3. The predicted molar refractivity (Wildman–Crippen MR) is 115 cm³/mol. The molecule has 9 nitrogen and oxygen atoms in total. The fourth-order valence-electron chi connectivity index (χ4n) is 2.61. The van der Waals surface area contributed by atoms with Crippen LogP contribution in [0.3, 0.4) is 0 Å². The molecule has 0 spiro atoms. The minimum atomic E-state index is -3.76. The van der Waals surface area contributed by atoms with E-state index in [1.807, 2.05) is 19.9 Å². The highest BCUT2D eigenvalue weighted by Crippen LogP contribution is 2.17. The Morgan fingerprint density at radius 2 is 1.61 bits per heavy atom. The minimum absolute atomic E-state index is 0.00589. The lowest BCUT2D eigenvalue weighted by Gasteiger charge is -2.11. The monoisotopic (exact) mass is 447 g/mol. The molecule has 0 atom stereocenters. The van der Waals surface area contributed by atoms with E-state index >= 15 is 0 Å². The van der Waals surface area contributed by atoms with Crippen LogP contribution in [0.15, 0.2) is 41.3 Å². The van der Waals surface area contributed by atoms with Crippen molar-refractivity contribution in [3.8, 4) is 0 Å². The van der Waals surface area contributed by atoms with Gasteiger partial charge in [-0.3, -0.25) is 10.1 Å². The first-order valence-corrected chi connectivity index (χ1v) is 11.0. The number of carbonyl (C=O) groups is 3. The van der Waals surface area contributed by atoms with Gasteiger partial charge in [0, 0.05) is 12.2 Å². The zero-order chi connectivity index (χ0) is 23.2. The van der Waals surface area contributed by atoms with Gasteiger partial charge in [-0.1, -0.05) is 19.1 Å². The molecule has 0 radical (unpaired) electrons. The van der Waals surface area contributed by atoms with Crippen LogP contribution in [0, 0.1) is 20.8 Å². The number of hydrogen-bond acceptors (Lipinski definition) is 6. The number of nitrogens with one attached hydrogen (secondary N) is 3. The lowest BCUT2D eigenvalue weighted by molar-refractivity contribution is -0.123. The molecule has 0 heterocycles. The van der Waals surface area contributed by atoms with Crippen molar-refractivity contribution in [2.75, 3.05) is 18.5 Å². The van der Waals surface area contributed by atoms with Gasteiger partial charge in [0.2, 0.25) is 10.0 Å². The predicted octanol–water partition coefficient (Wildman–Crippen LogP) is 2.42. The Morgan fingerprint density at radius 1 is 0.935 bits per heavy atom. The maximum Gasteiger partial charge on any atom is 0.338 e. The molecule has 2 aromatic carbocycles. The van der Waals surface area contributed by atoms with Crippen LogP contribution in [-0.2, 0) is 19.6 Å². The van der Waals surface area contributed by atoms with Gasteiger partial charge in [-0.05, 0) is 61.7 Å². The van der Waals surface area contributed by atoms with Crippen molar-refractivity contribution in [1.82, 2.24) is 10.0 Å². The van der Waals surface area contributed by atoms with Crippen LogP contribution in [0.1, 0.15) is 34.0 Å². The van der Waals surface area contributed by atoms with Gasteiger partial charge in [0.25, 0.3) is 5.91 Å². The number of hydrogen-bond donors (Lipinski definition) is 3. The molecule has 2 rings (SSSR count). The molecule has 3 N–H and O–H groups in total. The summed E-state index contributed by atoms with van der Waals surface area (Å²) in [6.07, 6.45) is 0. The van der Waals surface area contributed by atoms with Crippen molar-refractivity contribution in [2.45, 2.75) is 32.6 Å². The first kappa shape index (κ1) is 24.0. The van der Waals surface area contributed by atoms with Crippen LogP contribution < -0.4 is 15.4 Å². The van der Waals surface area contributed by atoms with Crippen LogP contribution in [0.4, 0.5) is 10.5 Å². The minimum Gasteiger partial charge on any atom is -0.452 e. The highest BCUT2D eigenvalue weighted by atomic mass is 32.2. The highest BCUT2D eigenvalue weighted by Gasteiger charge is 2.19. The zero-order valence-electron chi connectivity index (χ0n) is 17.7. The summed E-state index contributed by atoms with van der Waals surface area (Å²) < 4.78 is 31.5. The molecule has 2 aromatic rings. The van der Waals surface area contributed by atoms with Crippen LogP contribution in [0.5, 0.6) is 0 Å². The van der Waals surface area contributed by atoms with E-state index in [1.54, 1.807) is 26.0 Å². The summed E-state index contributed by atoms with van der Waals surface area (Å²) in [6.45, 7) is 6.56. The molecule has 0 aromatic heterocycles. The second-order valence-corrected chi connectivity index (χ2v) is 8.62. The molecule has 0 saturated heterocycles. The summed E-state index contributed by atoms with van der Waals surface area (Å²) in [7, 11) is -3.76. The number of sulfonamides is 1. The van der Waals surface area contributed by atoms with Gasteiger partial charge in [0.1, 0.15) is 0 Å². The molecule has 3 amide bonds. The first-order valence-electron chi connectivity index (χ1n) is 9.49. The van der Waals surface area contributed by atoms with Gasteiger partial charge in [-0.2, -0.15) is 0 Å². The average molecular weight is 448 g/mol. The standard InChI is InChI=1S/C21H25N3O6S/c1-5-22-31(28,29)17-9-7-14(3)18(11-17)20(26)30-12-19(25)24-21(27)23-16-8-6-13(2)15(4)10-16/h6-11,22H,5,12H2,1-4H3,(H2,23,24,25,27). The summed E-state index contributed by atoms with van der Waals surface area (Å²) in [6, 6.07) is 8.55. The second-order valence-electron chi connectivity index (χ2n) is 6.86. The van der Waals surface area contributed by atoms with Crippen molar-refractivity contribution in [3.63, 3.8) is 0 Å². The number of aryl methyl sites for hydroxylation is 3. The fourth-order valence-corrected chi connectivity index (χ4v) is 3.68. The van der Waals surface area contributed by atoms with E-state index in [0.717, 1.165) is 11.1 Å². The van der Waals surface area contributed by atoms with Crippen molar-refractivity contribution in [3.05, 3.63) is 58.7 Å². The third-order valence-electron chi connectivity index (χ3n) is 4.43. The molecule has 0 saturated carbocycles. The maximum atomic E-state index is 12.3. The van der Waals surface area contributed by atoms with Gasteiger partial charge in [0.05, 0.1) is 10.5 Å². The number of imide groups is 1. The molecule has 0 aliphatic rings. The molecular weight excluding hydrogens is 422 g/mol. The van der Waals surface area contributed by atoms with Crippen molar-refractivity contribution in [2.24, 2.45) is 0 Å². The van der Waals surface area contributed by atoms with Gasteiger partial charge in [0.15, 0.2) is 6.61 Å². The average Bonchev–Trinajstić information content (AvgIpc) is 2.69. The van der Waals surface area contributed by atoms with Crippen LogP contribution in [0.25, 0.3) is 0 Å².